The molecular weight excluding hydrogens is 514 g/mol. The van der Waals surface area contributed by atoms with Gasteiger partial charge in [-0.05, 0) is 81.7 Å². The van der Waals surface area contributed by atoms with Gasteiger partial charge in [0.15, 0.2) is 0 Å². The van der Waals surface area contributed by atoms with Gasteiger partial charge in [0.1, 0.15) is 0 Å². The van der Waals surface area contributed by atoms with E-state index in [0.717, 1.165) is 35.4 Å². The number of fused-ring (bicyclic) bond motifs is 3. The van der Waals surface area contributed by atoms with Crippen LogP contribution in [0.2, 0.25) is 0 Å². The van der Waals surface area contributed by atoms with Crippen LogP contribution in [0.1, 0.15) is 45.2 Å². The van der Waals surface area contributed by atoms with Gasteiger partial charge in [-0.1, -0.05) is 18.2 Å². The first-order chi connectivity index (χ1) is 18.3. The van der Waals surface area contributed by atoms with Crippen LogP contribution in [0.25, 0.3) is 5.57 Å². The third-order valence-electron chi connectivity index (χ3n) is 7.80. The fraction of sp³-hybridized carbons (Fsp3) is 0.533. The van der Waals surface area contributed by atoms with Gasteiger partial charge in [0.05, 0.1) is 52.8 Å². The molecule has 2 atom stereocenters. The molecule has 1 saturated heterocycles. The van der Waals surface area contributed by atoms with Gasteiger partial charge in [0.25, 0.3) is 10.0 Å². The van der Waals surface area contributed by atoms with E-state index in [-0.39, 0.29) is 23.1 Å². The Morgan fingerprint density at radius 2 is 1.82 bits per heavy atom. The second-order valence-corrected chi connectivity index (χ2v) is 14.2. The molecule has 9 heteroatoms. The topological polar surface area (TPSA) is 93.6 Å². The van der Waals surface area contributed by atoms with Crippen LogP contribution >= 0.6 is 0 Å². The number of sulfonamides is 1. The lowest BCUT2D eigenvalue weighted by molar-refractivity contribution is -0.100. The molecule has 5 rings (SSSR count). The molecule has 3 aliphatic rings. The number of hydrogen-bond donors (Lipinski definition) is 2. The summed E-state index contributed by atoms with van der Waals surface area (Å²) >= 11 is 0. The van der Waals surface area contributed by atoms with Crippen LogP contribution in [0, 0.1) is 6.92 Å². The summed E-state index contributed by atoms with van der Waals surface area (Å²) in [5.41, 5.74) is 3.88. The smallest absolute Gasteiger partial charge is 0.264 e. The van der Waals surface area contributed by atoms with Gasteiger partial charge in [-0.3, -0.25) is 9.21 Å². The highest BCUT2D eigenvalue weighted by Crippen LogP contribution is 2.44. The average Bonchev–Trinajstić information content (AvgIpc) is 2.85. The molecule has 0 amide bonds. The summed E-state index contributed by atoms with van der Waals surface area (Å²) in [4.78, 5) is 4.69. The Hall–Kier alpha value is -2.43. The maximum atomic E-state index is 14.2. The number of piperazine rings is 1. The van der Waals surface area contributed by atoms with Crippen LogP contribution in [0.15, 0.2) is 53.4 Å². The minimum Gasteiger partial charge on any atom is -0.394 e. The predicted octanol–water partition coefficient (Wildman–Crippen LogP) is 3.41. The third-order valence-corrected chi connectivity index (χ3v) is 9.58. The number of ether oxygens (including phenoxy) is 1. The van der Waals surface area contributed by atoms with Gasteiger partial charge in [-0.2, -0.15) is 0 Å². The highest BCUT2D eigenvalue weighted by Gasteiger charge is 2.41. The zero-order chi connectivity index (χ0) is 28.2. The summed E-state index contributed by atoms with van der Waals surface area (Å²) in [5.74, 6) is 0. The molecule has 2 aromatic carbocycles. The summed E-state index contributed by atoms with van der Waals surface area (Å²) < 4.78 is 36.2. The van der Waals surface area contributed by atoms with Crippen molar-refractivity contribution in [3.05, 3.63) is 59.7 Å². The Morgan fingerprint density at radius 3 is 2.51 bits per heavy atom. The van der Waals surface area contributed by atoms with Crippen molar-refractivity contribution < 1.29 is 23.4 Å². The van der Waals surface area contributed by atoms with E-state index in [0.29, 0.717) is 31.9 Å². The number of anilines is 2. The summed E-state index contributed by atoms with van der Waals surface area (Å²) in [6.45, 7) is 12.6. The van der Waals surface area contributed by atoms with E-state index in [1.54, 1.807) is 22.5 Å². The van der Waals surface area contributed by atoms with Gasteiger partial charge in [0, 0.05) is 32.6 Å². The number of aliphatic hydroxyl groups excluding tert-OH is 2. The summed E-state index contributed by atoms with van der Waals surface area (Å²) in [6, 6.07) is 13.2. The third kappa shape index (κ3) is 5.74. The van der Waals surface area contributed by atoms with Crippen LogP contribution in [-0.2, 0) is 14.8 Å². The zero-order valence-electron chi connectivity index (χ0n) is 23.6. The van der Waals surface area contributed by atoms with Crippen LogP contribution < -0.4 is 9.21 Å². The van der Waals surface area contributed by atoms with Crippen LogP contribution in [0.5, 0.6) is 0 Å². The van der Waals surface area contributed by atoms with E-state index in [9.17, 15) is 18.6 Å². The molecular formula is C30H41N3O5S. The van der Waals surface area contributed by atoms with Crippen molar-refractivity contribution >= 4 is 27.0 Å². The van der Waals surface area contributed by atoms with Crippen molar-refractivity contribution in [1.29, 1.82) is 0 Å². The highest BCUT2D eigenvalue weighted by atomic mass is 32.2. The number of benzene rings is 2. The van der Waals surface area contributed by atoms with Crippen LogP contribution in [-0.4, -0.2) is 86.2 Å². The van der Waals surface area contributed by atoms with E-state index in [2.05, 4.69) is 55.7 Å². The first kappa shape index (κ1) is 28.1. The predicted molar refractivity (Wildman–Crippen MR) is 155 cm³/mol. The normalized spacial score (nSPS) is 23.6. The maximum Gasteiger partial charge on any atom is 0.264 e. The van der Waals surface area contributed by atoms with Crippen LogP contribution in [0.3, 0.4) is 0 Å². The Kier molecular flexibility index (Phi) is 7.35. The van der Waals surface area contributed by atoms with E-state index < -0.39 is 21.7 Å². The molecule has 39 heavy (non-hydrogen) atoms. The monoisotopic (exact) mass is 555 g/mol. The Morgan fingerprint density at radius 1 is 1.05 bits per heavy atom. The quantitative estimate of drug-likeness (QED) is 0.564. The number of β-amino-alcohol motifs (C(OH)–C–C–N with tert-alkyl or cyclic N) is 1. The number of aryl methyl sites for hydroxylation is 1. The van der Waals surface area contributed by atoms with E-state index in [1.165, 1.54) is 0 Å². The molecule has 0 aliphatic carbocycles. The largest absolute Gasteiger partial charge is 0.394 e. The van der Waals surface area contributed by atoms with Crippen molar-refractivity contribution in [1.82, 2.24) is 4.90 Å². The van der Waals surface area contributed by atoms with Crippen molar-refractivity contribution in [3.8, 4) is 0 Å². The summed E-state index contributed by atoms with van der Waals surface area (Å²) in [7, 11) is -3.83. The average molecular weight is 556 g/mol. The van der Waals surface area contributed by atoms with Gasteiger partial charge in [-0.15, -0.1) is 0 Å². The molecule has 3 aliphatic heterocycles. The molecule has 0 spiro atoms. The van der Waals surface area contributed by atoms with Crippen molar-refractivity contribution in [2.24, 2.45) is 0 Å². The molecule has 0 aromatic heterocycles. The minimum atomic E-state index is -3.83. The van der Waals surface area contributed by atoms with E-state index in [1.807, 2.05) is 19.1 Å². The molecule has 0 unspecified atom stereocenters. The number of aliphatic hydroxyl groups is 2. The van der Waals surface area contributed by atoms with Gasteiger partial charge in [-0.25, -0.2) is 8.42 Å². The number of hydrogen-bond acceptors (Lipinski definition) is 7. The number of nitrogens with zero attached hydrogens (tertiary/aromatic N) is 3. The molecule has 0 radical (unpaired) electrons. The fourth-order valence-corrected chi connectivity index (χ4v) is 8.01. The van der Waals surface area contributed by atoms with Crippen molar-refractivity contribution in [2.45, 2.75) is 69.3 Å². The fourth-order valence-electron chi connectivity index (χ4n) is 6.39. The molecule has 2 N–H and O–H groups in total. The first-order valence-corrected chi connectivity index (χ1v) is 15.2. The van der Waals surface area contributed by atoms with Crippen molar-refractivity contribution in [2.75, 3.05) is 48.5 Å². The Labute approximate surface area is 232 Å². The molecule has 3 heterocycles. The molecule has 0 bridgehead atoms. The van der Waals surface area contributed by atoms with Crippen molar-refractivity contribution in [3.63, 3.8) is 0 Å². The number of rotatable bonds is 6. The van der Waals surface area contributed by atoms with Gasteiger partial charge >= 0.3 is 0 Å². The van der Waals surface area contributed by atoms with Gasteiger partial charge in [0.2, 0.25) is 0 Å². The minimum absolute atomic E-state index is 0.0808. The lowest BCUT2D eigenvalue weighted by Crippen LogP contribution is -2.61. The Balaban J connectivity index is 1.58. The maximum absolute atomic E-state index is 14.2. The standard InChI is InChI=1S/C30H41N3O5S/c1-21-7-6-8-26(13-21)39(36,37)33-18-24-17-31(19-25(35)20-34)11-12-32(24)27-10-9-22(14-28(27)33)23-15-29(2,3)38-30(4,5)16-23/h6-10,13-15,24-25,34-35H,11-12,16-20H2,1-5H3/t24-,25+/m0/s1. The van der Waals surface area contributed by atoms with E-state index >= 15 is 0 Å². The molecule has 8 nitrogen and oxygen atoms in total. The van der Waals surface area contributed by atoms with Crippen LogP contribution in [0.4, 0.5) is 11.4 Å². The zero-order valence-corrected chi connectivity index (χ0v) is 24.4. The Bertz CT molecular complexity index is 1370. The second-order valence-electron chi connectivity index (χ2n) is 12.3. The highest BCUT2D eigenvalue weighted by molar-refractivity contribution is 7.92. The lowest BCUT2D eigenvalue weighted by Gasteiger charge is -2.49. The molecule has 0 saturated carbocycles. The van der Waals surface area contributed by atoms with Gasteiger partial charge < -0.3 is 19.8 Å². The van der Waals surface area contributed by atoms with E-state index in [4.69, 9.17) is 4.74 Å². The SMILES string of the molecule is Cc1cccc(S(=O)(=O)N2C[C@@H]3CN(C[C@@H](O)CO)CCN3c3ccc(C4=CC(C)(C)OC(C)(C)C4)cc32)c1. The molecule has 2 aromatic rings. The molecule has 212 valence electrons. The summed E-state index contributed by atoms with van der Waals surface area (Å²) in [5, 5.41) is 19.4. The molecule has 1 fully saturated rings. The summed E-state index contributed by atoms with van der Waals surface area (Å²) in [6.07, 6.45) is 2.06. The second kappa shape index (κ2) is 10.2. The lowest BCUT2D eigenvalue weighted by atomic mass is 9.85. The first-order valence-electron chi connectivity index (χ1n) is 13.7.